The molecule has 0 N–H and O–H groups in total. The van der Waals surface area contributed by atoms with Gasteiger partial charge in [0.2, 0.25) is 15.8 Å². The van der Waals surface area contributed by atoms with Crippen LogP contribution in [0.2, 0.25) is 0 Å². The molecule has 0 saturated heterocycles. The molecule has 0 saturated carbocycles. The molecule has 2 aromatic rings. The van der Waals surface area contributed by atoms with E-state index >= 15 is 0 Å². The molecule has 0 aliphatic carbocycles. The summed E-state index contributed by atoms with van der Waals surface area (Å²) in [6.45, 7) is 3.25. The number of nitrogens with zero attached hydrogens (tertiary/aromatic N) is 4. The monoisotopic (exact) mass is 374 g/mol. The Kier molecular flexibility index (Phi) is 4.36. The first kappa shape index (κ1) is 17.9. The van der Waals surface area contributed by atoms with Crippen LogP contribution in [0.15, 0.2) is 29.2 Å². The number of halogens is 3. The zero-order chi connectivity index (χ0) is 18.4. The normalized spacial score (nSPS) is 19.0. The van der Waals surface area contributed by atoms with E-state index in [1.807, 2.05) is 6.92 Å². The molecule has 0 fully saturated rings. The van der Waals surface area contributed by atoms with Gasteiger partial charge in [0.1, 0.15) is 0 Å². The second kappa shape index (κ2) is 6.10. The van der Waals surface area contributed by atoms with E-state index < -0.39 is 28.1 Å². The number of sulfonamides is 1. The summed E-state index contributed by atoms with van der Waals surface area (Å²) in [5.41, 5.74) is 1.00. The van der Waals surface area contributed by atoms with Crippen molar-refractivity contribution in [3.8, 4) is 0 Å². The third-order valence-electron chi connectivity index (χ3n) is 4.32. The number of aryl methyl sites for hydroxylation is 1. The van der Waals surface area contributed by atoms with E-state index in [-0.39, 0.29) is 23.8 Å². The van der Waals surface area contributed by atoms with Crippen LogP contribution < -0.4 is 0 Å². The Labute approximate surface area is 143 Å². The van der Waals surface area contributed by atoms with Crippen LogP contribution in [0.4, 0.5) is 13.2 Å². The number of alkyl halides is 3. The minimum atomic E-state index is -4.62. The zero-order valence-electron chi connectivity index (χ0n) is 13.7. The van der Waals surface area contributed by atoms with Gasteiger partial charge in [0.15, 0.2) is 5.82 Å². The highest BCUT2D eigenvalue weighted by Gasteiger charge is 2.43. The minimum Gasteiger partial charge on any atom is -0.305 e. The molecule has 3 rings (SSSR count). The Balaban J connectivity index is 1.95. The first-order valence-electron chi connectivity index (χ1n) is 7.77. The van der Waals surface area contributed by atoms with Crippen LogP contribution in [0.5, 0.6) is 0 Å². The van der Waals surface area contributed by atoms with Gasteiger partial charge >= 0.3 is 6.18 Å². The molecule has 0 spiro atoms. The third kappa shape index (κ3) is 3.04. The minimum absolute atomic E-state index is 0.00710. The highest BCUT2D eigenvalue weighted by Crippen LogP contribution is 2.34. The highest BCUT2D eigenvalue weighted by molar-refractivity contribution is 7.89. The van der Waals surface area contributed by atoms with Crippen LogP contribution in [-0.2, 0) is 29.2 Å². The lowest BCUT2D eigenvalue weighted by Crippen LogP contribution is -2.41. The van der Waals surface area contributed by atoms with Gasteiger partial charge in [-0.25, -0.2) is 8.42 Å². The third-order valence-corrected chi connectivity index (χ3v) is 6.30. The maximum Gasteiger partial charge on any atom is 0.451 e. The summed E-state index contributed by atoms with van der Waals surface area (Å²) in [6.07, 6.45) is -3.84. The lowest BCUT2D eigenvalue weighted by molar-refractivity contribution is -0.147. The van der Waals surface area contributed by atoms with Crippen molar-refractivity contribution in [3.63, 3.8) is 0 Å². The second-order valence-electron chi connectivity index (χ2n) is 5.82. The summed E-state index contributed by atoms with van der Waals surface area (Å²) in [5, 5.41) is 6.77. The van der Waals surface area contributed by atoms with E-state index in [0.29, 0.717) is 0 Å². The van der Waals surface area contributed by atoms with Crippen molar-refractivity contribution in [2.75, 3.05) is 6.54 Å². The van der Waals surface area contributed by atoms with Crippen LogP contribution in [0.3, 0.4) is 0 Å². The Morgan fingerprint density at radius 2 is 1.80 bits per heavy atom. The smallest absolute Gasteiger partial charge is 0.305 e. The van der Waals surface area contributed by atoms with Crippen molar-refractivity contribution in [2.45, 2.75) is 43.9 Å². The average Bonchev–Trinajstić information content (AvgIpc) is 3.00. The van der Waals surface area contributed by atoms with E-state index in [0.717, 1.165) is 20.9 Å². The summed E-state index contributed by atoms with van der Waals surface area (Å²) in [7, 11) is -3.83. The Morgan fingerprint density at radius 1 is 1.16 bits per heavy atom. The summed E-state index contributed by atoms with van der Waals surface area (Å²) in [5.74, 6) is -1.11. The summed E-state index contributed by atoms with van der Waals surface area (Å²) in [6, 6.07) is 5.65. The van der Waals surface area contributed by atoms with Gasteiger partial charge in [0, 0.05) is 13.1 Å². The quantitative estimate of drug-likeness (QED) is 0.828. The zero-order valence-corrected chi connectivity index (χ0v) is 14.5. The summed E-state index contributed by atoms with van der Waals surface area (Å²) >= 11 is 0. The van der Waals surface area contributed by atoms with E-state index in [1.54, 1.807) is 12.1 Å². The van der Waals surface area contributed by atoms with Gasteiger partial charge in [-0.2, -0.15) is 17.5 Å². The maximum absolute atomic E-state index is 12.9. The van der Waals surface area contributed by atoms with Gasteiger partial charge < -0.3 is 4.57 Å². The molecule has 6 nitrogen and oxygen atoms in total. The van der Waals surface area contributed by atoms with Crippen molar-refractivity contribution in [2.24, 2.45) is 0 Å². The molecule has 25 heavy (non-hydrogen) atoms. The number of hydrogen-bond acceptors (Lipinski definition) is 4. The highest BCUT2D eigenvalue weighted by atomic mass is 32.2. The maximum atomic E-state index is 12.9. The SMILES string of the molecule is CCc1ccc(S(=O)(=O)N2CCn3c(nnc3C(F)(F)F)C2C)cc1. The molecule has 136 valence electrons. The van der Waals surface area contributed by atoms with E-state index in [2.05, 4.69) is 10.2 Å². The van der Waals surface area contributed by atoms with Crippen LogP contribution >= 0.6 is 0 Å². The van der Waals surface area contributed by atoms with Crippen molar-refractivity contribution in [3.05, 3.63) is 41.5 Å². The molecule has 1 unspecified atom stereocenters. The van der Waals surface area contributed by atoms with Crippen LogP contribution in [0.25, 0.3) is 0 Å². The average molecular weight is 374 g/mol. The van der Waals surface area contributed by atoms with Crippen LogP contribution in [-0.4, -0.2) is 34.0 Å². The number of hydrogen-bond donors (Lipinski definition) is 0. The molecule has 1 aliphatic rings. The van der Waals surface area contributed by atoms with Crippen molar-refractivity contribution in [1.82, 2.24) is 19.1 Å². The van der Waals surface area contributed by atoms with Gasteiger partial charge in [-0.15, -0.1) is 10.2 Å². The summed E-state index contributed by atoms with van der Waals surface area (Å²) < 4.78 is 66.7. The predicted molar refractivity (Wildman–Crippen MR) is 83.2 cm³/mol. The van der Waals surface area contributed by atoms with Gasteiger partial charge in [0.05, 0.1) is 10.9 Å². The van der Waals surface area contributed by atoms with Crippen molar-refractivity contribution >= 4 is 10.0 Å². The number of fused-ring (bicyclic) bond motifs is 1. The van der Waals surface area contributed by atoms with Gasteiger partial charge in [0.25, 0.3) is 0 Å². The predicted octanol–water partition coefficient (Wildman–Crippen LogP) is 2.62. The molecule has 1 aromatic carbocycles. The number of benzene rings is 1. The molecule has 1 aromatic heterocycles. The second-order valence-corrected chi connectivity index (χ2v) is 7.71. The Bertz CT molecular complexity index is 875. The lowest BCUT2D eigenvalue weighted by Gasteiger charge is -2.32. The van der Waals surface area contributed by atoms with Crippen molar-refractivity contribution < 1.29 is 21.6 Å². The fourth-order valence-electron chi connectivity index (χ4n) is 2.94. The van der Waals surface area contributed by atoms with E-state index in [1.165, 1.54) is 19.1 Å². The number of aromatic nitrogens is 3. The molecule has 0 bridgehead atoms. The molecule has 10 heteroatoms. The first-order chi connectivity index (χ1) is 11.7. The molecule has 1 atom stereocenters. The van der Waals surface area contributed by atoms with E-state index in [4.69, 9.17) is 0 Å². The molecule has 0 amide bonds. The first-order valence-corrected chi connectivity index (χ1v) is 9.21. The Hall–Kier alpha value is -1.94. The summed E-state index contributed by atoms with van der Waals surface area (Å²) in [4.78, 5) is 0.112. The fourth-order valence-corrected chi connectivity index (χ4v) is 4.52. The van der Waals surface area contributed by atoms with E-state index in [9.17, 15) is 21.6 Å². The van der Waals surface area contributed by atoms with Gasteiger partial charge in [-0.05, 0) is 31.0 Å². The molecular weight excluding hydrogens is 357 g/mol. The van der Waals surface area contributed by atoms with Gasteiger partial charge in [-0.3, -0.25) is 0 Å². The van der Waals surface area contributed by atoms with Gasteiger partial charge in [-0.1, -0.05) is 19.1 Å². The Morgan fingerprint density at radius 3 is 2.36 bits per heavy atom. The largest absolute Gasteiger partial charge is 0.451 e. The molecular formula is C15H17F3N4O2S. The molecule has 2 heterocycles. The van der Waals surface area contributed by atoms with Crippen LogP contribution in [0, 0.1) is 0 Å². The fraction of sp³-hybridized carbons (Fsp3) is 0.467. The van der Waals surface area contributed by atoms with Crippen molar-refractivity contribution in [1.29, 1.82) is 0 Å². The van der Waals surface area contributed by atoms with Crippen LogP contribution in [0.1, 0.15) is 37.1 Å². The lowest BCUT2D eigenvalue weighted by atomic mass is 10.2. The topological polar surface area (TPSA) is 68.1 Å². The molecule has 1 aliphatic heterocycles. The standard InChI is InChI=1S/C15H17F3N4O2S/c1-3-11-4-6-12(7-5-11)25(23,24)22-9-8-21-13(10(22)2)19-20-14(21)15(16,17)18/h4-7,10H,3,8-9H2,1-2H3. The number of rotatable bonds is 3. The molecule has 0 radical (unpaired) electrons.